The molecule has 112 valence electrons. The number of ether oxygens (including phenoxy) is 1. The van der Waals surface area contributed by atoms with Gasteiger partial charge in [0.25, 0.3) is 0 Å². The summed E-state index contributed by atoms with van der Waals surface area (Å²) >= 11 is 0. The van der Waals surface area contributed by atoms with E-state index >= 15 is 0 Å². The molecular weight excluding hydrogens is 278 g/mol. The summed E-state index contributed by atoms with van der Waals surface area (Å²) in [5.74, 6) is 0.782. The van der Waals surface area contributed by atoms with Gasteiger partial charge in [0.05, 0.1) is 19.4 Å². The molecule has 2 aromatic carbocycles. The highest BCUT2D eigenvalue weighted by Gasteiger charge is 2.16. The molecule has 3 rings (SSSR count). The zero-order chi connectivity index (χ0) is 15.5. The van der Waals surface area contributed by atoms with Crippen molar-refractivity contribution in [1.82, 2.24) is 15.0 Å². The molecule has 0 unspecified atom stereocenters. The van der Waals surface area contributed by atoms with Crippen molar-refractivity contribution in [2.75, 3.05) is 7.11 Å². The number of aromatic nitrogens is 3. The molecule has 5 heteroatoms. The third-order valence-corrected chi connectivity index (χ3v) is 3.60. The first kappa shape index (κ1) is 14.3. The fourth-order valence-corrected chi connectivity index (χ4v) is 2.43. The third kappa shape index (κ3) is 2.46. The highest BCUT2D eigenvalue weighted by molar-refractivity contribution is 5.65. The van der Waals surface area contributed by atoms with Gasteiger partial charge in [0.2, 0.25) is 0 Å². The van der Waals surface area contributed by atoms with E-state index in [2.05, 4.69) is 10.3 Å². The Kier molecular flexibility index (Phi) is 3.89. The number of rotatable bonds is 4. The predicted octanol–water partition coefficient (Wildman–Crippen LogP) is 2.74. The van der Waals surface area contributed by atoms with Crippen molar-refractivity contribution in [3.05, 3.63) is 59.8 Å². The van der Waals surface area contributed by atoms with Crippen molar-refractivity contribution in [2.24, 2.45) is 0 Å². The minimum absolute atomic E-state index is 0.159. The van der Waals surface area contributed by atoms with Crippen LogP contribution in [0.5, 0.6) is 5.75 Å². The lowest BCUT2D eigenvalue weighted by atomic mass is 10.1. The topological polar surface area (TPSA) is 60.2 Å². The quantitative estimate of drug-likeness (QED) is 0.804. The normalized spacial score (nSPS) is 10.7. The van der Waals surface area contributed by atoms with Gasteiger partial charge in [0, 0.05) is 5.56 Å². The fourth-order valence-electron chi connectivity index (χ4n) is 2.43. The third-order valence-electron chi connectivity index (χ3n) is 3.60. The van der Waals surface area contributed by atoms with Crippen LogP contribution in [0.2, 0.25) is 0 Å². The van der Waals surface area contributed by atoms with Crippen LogP contribution in [0.15, 0.2) is 48.5 Å². The van der Waals surface area contributed by atoms with Crippen LogP contribution in [0.25, 0.3) is 16.9 Å². The van der Waals surface area contributed by atoms with Gasteiger partial charge < -0.3 is 9.84 Å². The van der Waals surface area contributed by atoms with E-state index < -0.39 is 0 Å². The van der Waals surface area contributed by atoms with Crippen LogP contribution in [-0.4, -0.2) is 27.2 Å². The number of aliphatic hydroxyl groups excluding tert-OH is 1. The summed E-state index contributed by atoms with van der Waals surface area (Å²) in [6, 6.07) is 15.6. The molecule has 0 bridgehead atoms. The Morgan fingerprint density at radius 3 is 2.45 bits per heavy atom. The number of benzene rings is 2. The molecule has 0 fully saturated rings. The predicted molar refractivity (Wildman–Crippen MR) is 84.0 cm³/mol. The Morgan fingerprint density at radius 1 is 1.09 bits per heavy atom. The maximum atomic E-state index is 9.57. The summed E-state index contributed by atoms with van der Waals surface area (Å²) in [6.07, 6.45) is 0. The molecule has 0 saturated carbocycles. The van der Waals surface area contributed by atoms with Crippen molar-refractivity contribution >= 4 is 0 Å². The standard InChI is InChI=1S/C17H17N3O2/c1-12-5-3-4-6-16(12)20-17(15(11-21)18-19-20)13-7-9-14(22-2)10-8-13/h3-10,21H,11H2,1-2H3. The van der Waals surface area contributed by atoms with Gasteiger partial charge in [0.15, 0.2) is 0 Å². The minimum Gasteiger partial charge on any atom is -0.497 e. The second-order valence-corrected chi connectivity index (χ2v) is 4.97. The van der Waals surface area contributed by atoms with E-state index in [9.17, 15) is 5.11 Å². The van der Waals surface area contributed by atoms with Crippen LogP contribution >= 0.6 is 0 Å². The van der Waals surface area contributed by atoms with Gasteiger partial charge in [-0.1, -0.05) is 23.4 Å². The van der Waals surface area contributed by atoms with Gasteiger partial charge in [0.1, 0.15) is 17.1 Å². The summed E-state index contributed by atoms with van der Waals surface area (Å²) in [5.41, 5.74) is 4.30. The molecule has 1 heterocycles. The molecule has 0 amide bonds. The van der Waals surface area contributed by atoms with Gasteiger partial charge >= 0.3 is 0 Å². The van der Waals surface area contributed by atoms with Gasteiger partial charge in [-0.05, 0) is 42.8 Å². The van der Waals surface area contributed by atoms with E-state index in [1.54, 1.807) is 11.8 Å². The lowest BCUT2D eigenvalue weighted by Crippen LogP contribution is -2.02. The molecule has 0 saturated heterocycles. The molecular formula is C17H17N3O2. The van der Waals surface area contributed by atoms with E-state index in [0.29, 0.717) is 5.69 Å². The van der Waals surface area contributed by atoms with Crippen LogP contribution in [-0.2, 0) is 6.61 Å². The molecule has 3 aromatic rings. The molecule has 1 N–H and O–H groups in total. The number of aryl methyl sites for hydroxylation is 1. The summed E-state index contributed by atoms with van der Waals surface area (Å²) < 4.78 is 6.96. The van der Waals surface area contributed by atoms with Crippen LogP contribution < -0.4 is 4.74 Å². The molecule has 0 atom stereocenters. The maximum absolute atomic E-state index is 9.57. The summed E-state index contributed by atoms with van der Waals surface area (Å²) in [5, 5.41) is 17.9. The molecule has 0 spiro atoms. The fraction of sp³-hybridized carbons (Fsp3) is 0.176. The van der Waals surface area contributed by atoms with Crippen molar-refractivity contribution < 1.29 is 9.84 Å². The molecule has 0 radical (unpaired) electrons. The van der Waals surface area contributed by atoms with Crippen LogP contribution in [0, 0.1) is 6.92 Å². The van der Waals surface area contributed by atoms with Gasteiger partial charge in [-0.25, -0.2) is 4.68 Å². The molecule has 0 aliphatic rings. The van der Waals surface area contributed by atoms with Crippen molar-refractivity contribution in [1.29, 1.82) is 0 Å². The van der Waals surface area contributed by atoms with Gasteiger partial charge in [-0.3, -0.25) is 0 Å². The minimum atomic E-state index is -0.159. The molecule has 0 aliphatic heterocycles. The largest absolute Gasteiger partial charge is 0.497 e. The Hall–Kier alpha value is -2.66. The Morgan fingerprint density at radius 2 is 1.82 bits per heavy atom. The zero-order valence-corrected chi connectivity index (χ0v) is 12.5. The monoisotopic (exact) mass is 295 g/mol. The second kappa shape index (κ2) is 5.99. The smallest absolute Gasteiger partial charge is 0.118 e. The van der Waals surface area contributed by atoms with Gasteiger partial charge in [-0.2, -0.15) is 0 Å². The first-order valence-electron chi connectivity index (χ1n) is 7.00. The summed E-state index contributed by atoms with van der Waals surface area (Å²) in [6.45, 7) is 1.86. The number of hydrogen-bond acceptors (Lipinski definition) is 4. The zero-order valence-electron chi connectivity index (χ0n) is 12.5. The number of nitrogens with zero attached hydrogens (tertiary/aromatic N) is 3. The lowest BCUT2D eigenvalue weighted by Gasteiger charge is -2.10. The Labute approximate surface area is 128 Å². The number of para-hydroxylation sites is 1. The van der Waals surface area contributed by atoms with Crippen molar-refractivity contribution in [3.8, 4) is 22.7 Å². The van der Waals surface area contributed by atoms with E-state index in [1.807, 2.05) is 55.5 Å². The van der Waals surface area contributed by atoms with Crippen LogP contribution in [0.4, 0.5) is 0 Å². The average Bonchev–Trinajstić information content (AvgIpc) is 2.99. The van der Waals surface area contributed by atoms with E-state index in [1.165, 1.54) is 0 Å². The molecule has 0 aliphatic carbocycles. The van der Waals surface area contributed by atoms with Crippen molar-refractivity contribution in [3.63, 3.8) is 0 Å². The van der Waals surface area contributed by atoms with Crippen LogP contribution in [0.1, 0.15) is 11.3 Å². The van der Waals surface area contributed by atoms with Crippen LogP contribution in [0.3, 0.4) is 0 Å². The Balaban J connectivity index is 2.17. The van der Waals surface area contributed by atoms with Crippen molar-refractivity contribution in [2.45, 2.75) is 13.5 Å². The SMILES string of the molecule is COc1ccc(-c2c(CO)nnn2-c2ccccc2C)cc1. The number of hydrogen-bond donors (Lipinski definition) is 1. The van der Waals surface area contributed by atoms with Gasteiger partial charge in [-0.15, -0.1) is 5.10 Å². The molecule has 22 heavy (non-hydrogen) atoms. The molecule has 5 nitrogen and oxygen atoms in total. The first-order valence-corrected chi connectivity index (χ1v) is 7.00. The Bertz CT molecular complexity index is 779. The van der Waals surface area contributed by atoms with E-state index in [-0.39, 0.29) is 6.61 Å². The molecule has 1 aromatic heterocycles. The highest BCUT2D eigenvalue weighted by Crippen LogP contribution is 2.28. The lowest BCUT2D eigenvalue weighted by molar-refractivity contribution is 0.277. The van der Waals surface area contributed by atoms with E-state index in [0.717, 1.165) is 28.3 Å². The summed E-state index contributed by atoms with van der Waals surface area (Å²) in [7, 11) is 1.63. The number of methoxy groups -OCH3 is 1. The first-order chi connectivity index (χ1) is 10.7. The van der Waals surface area contributed by atoms with E-state index in [4.69, 9.17) is 4.74 Å². The highest BCUT2D eigenvalue weighted by atomic mass is 16.5. The second-order valence-electron chi connectivity index (χ2n) is 4.97. The maximum Gasteiger partial charge on any atom is 0.118 e. The number of aliphatic hydroxyl groups is 1. The summed E-state index contributed by atoms with van der Waals surface area (Å²) in [4.78, 5) is 0. The average molecular weight is 295 g/mol.